The molecule has 1 saturated carbocycles. The summed E-state index contributed by atoms with van der Waals surface area (Å²) >= 11 is 12.0. The summed E-state index contributed by atoms with van der Waals surface area (Å²) in [6, 6.07) is 5.21. The molecule has 1 amide bonds. The molecule has 1 saturated heterocycles. The number of benzene rings is 2. The van der Waals surface area contributed by atoms with Gasteiger partial charge in [0.2, 0.25) is 5.91 Å². The van der Waals surface area contributed by atoms with Gasteiger partial charge < -0.3 is 29.4 Å². The minimum absolute atomic E-state index is 0.0624. The molecule has 0 unspecified atom stereocenters. The fourth-order valence-corrected chi connectivity index (χ4v) is 6.35. The molecule has 1 aromatic heterocycles. The van der Waals surface area contributed by atoms with Crippen molar-refractivity contribution >= 4 is 57.9 Å². The topological polar surface area (TPSA) is 108 Å². The molecular weight excluding hydrogens is 605 g/mol. The molecule has 43 heavy (non-hydrogen) atoms. The average molecular weight is 640 g/mol. The van der Waals surface area contributed by atoms with Crippen molar-refractivity contribution in [2.45, 2.75) is 63.1 Å². The van der Waals surface area contributed by atoms with E-state index in [4.69, 9.17) is 32.4 Å². The number of amides is 1. The van der Waals surface area contributed by atoms with E-state index in [2.05, 4.69) is 10.3 Å². The van der Waals surface area contributed by atoms with Gasteiger partial charge in [-0.15, -0.1) is 0 Å². The molecule has 2 N–H and O–H groups in total. The van der Waals surface area contributed by atoms with Crippen molar-refractivity contribution in [2.24, 2.45) is 5.92 Å². The first-order valence-corrected chi connectivity index (χ1v) is 15.1. The number of aliphatic carboxylic acids is 1. The molecule has 2 aromatic carbocycles. The van der Waals surface area contributed by atoms with Crippen LogP contribution in [0.1, 0.15) is 44.1 Å². The largest absolute Gasteiger partial charge is 0.481 e. The summed E-state index contributed by atoms with van der Waals surface area (Å²) in [7, 11) is 3.84. The zero-order valence-electron chi connectivity index (χ0n) is 23.9. The molecule has 0 radical (unpaired) electrons. The normalized spacial score (nSPS) is 22.4. The van der Waals surface area contributed by atoms with Gasteiger partial charge >= 0.3 is 5.97 Å². The van der Waals surface area contributed by atoms with Gasteiger partial charge in [-0.25, -0.2) is 8.78 Å². The predicted octanol–water partition coefficient (Wildman–Crippen LogP) is 6.28. The fraction of sp³-hybridized carbons (Fsp3) is 0.500. The first kappa shape index (κ1) is 31.4. The van der Waals surface area contributed by atoms with Crippen LogP contribution in [0.3, 0.4) is 0 Å². The Morgan fingerprint density at radius 2 is 1.81 bits per heavy atom. The number of carbonyl (C=O) groups excluding carboxylic acids is 1. The number of hydrogen-bond acceptors (Lipinski definition) is 7. The molecule has 2 aliphatic rings. The summed E-state index contributed by atoms with van der Waals surface area (Å²) in [6.45, 7) is 0.924. The smallest absolute Gasteiger partial charge is 0.306 e. The quantitative estimate of drug-likeness (QED) is 0.267. The Morgan fingerprint density at radius 3 is 2.49 bits per heavy atom. The lowest BCUT2D eigenvalue weighted by molar-refractivity contribution is -0.144. The van der Waals surface area contributed by atoms with Crippen LogP contribution in [0.4, 0.5) is 20.5 Å². The van der Waals surface area contributed by atoms with Gasteiger partial charge in [-0.3, -0.25) is 9.59 Å². The van der Waals surface area contributed by atoms with Gasteiger partial charge in [-0.2, -0.15) is 4.98 Å². The maximum atomic E-state index is 15.6. The van der Waals surface area contributed by atoms with E-state index in [1.165, 1.54) is 6.07 Å². The molecule has 5 rings (SSSR count). The van der Waals surface area contributed by atoms with Crippen molar-refractivity contribution in [3.8, 4) is 0 Å². The van der Waals surface area contributed by atoms with Gasteiger partial charge in [0, 0.05) is 23.8 Å². The second-order valence-electron chi connectivity index (χ2n) is 11.6. The van der Waals surface area contributed by atoms with Crippen LogP contribution < -0.4 is 5.32 Å². The van der Waals surface area contributed by atoms with E-state index in [9.17, 15) is 14.7 Å². The second-order valence-corrected chi connectivity index (χ2v) is 12.4. The van der Waals surface area contributed by atoms with Gasteiger partial charge in [-0.05, 0) is 76.9 Å². The van der Waals surface area contributed by atoms with Crippen LogP contribution in [-0.4, -0.2) is 77.2 Å². The lowest BCUT2D eigenvalue weighted by Crippen LogP contribution is -2.48. The van der Waals surface area contributed by atoms with E-state index >= 15 is 8.78 Å². The zero-order valence-corrected chi connectivity index (χ0v) is 25.4. The van der Waals surface area contributed by atoms with Crippen molar-refractivity contribution in [3.05, 3.63) is 51.5 Å². The van der Waals surface area contributed by atoms with E-state index in [-0.39, 0.29) is 58.6 Å². The van der Waals surface area contributed by atoms with E-state index in [1.54, 1.807) is 17.0 Å². The number of likely N-dealkylation sites (N-methyl/N-ethyl adjacent to an activating group) is 1. The SMILES string of the molecule is CN(C)C[C@@H]1CC[C@@H](COC2CCC(C(=O)O)CC2)N1C(=O)Cc1cc(F)c2nc(Nc3ccc(Cl)c(Cl)c3)oc2c1F. The highest BCUT2D eigenvalue weighted by Crippen LogP contribution is 2.33. The average Bonchev–Trinajstić information content (AvgIpc) is 3.57. The number of aromatic nitrogens is 1. The fourth-order valence-electron chi connectivity index (χ4n) is 6.05. The van der Waals surface area contributed by atoms with E-state index in [0.717, 1.165) is 18.9 Å². The van der Waals surface area contributed by atoms with Gasteiger partial charge in [-0.1, -0.05) is 23.2 Å². The van der Waals surface area contributed by atoms with Crippen LogP contribution in [0, 0.1) is 17.6 Å². The molecule has 3 aromatic rings. The van der Waals surface area contributed by atoms with Crippen LogP contribution in [0.15, 0.2) is 28.7 Å². The highest BCUT2D eigenvalue weighted by atomic mass is 35.5. The van der Waals surface area contributed by atoms with Crippen molar-refractivity contribution in [1.82, 2.24) is 14.8 Å². The second kappa shape index (κ2) is 13.3. The zero-order chi connectivity index (χ0) is 30.8. The number of nitrogens with one attached hydrogen (secondary N) is 1. The Labute approximate surface area is 258 Å². The van der Waals surface area contributed by atoms with Gasteiger partial charge in [0.1, 0.15) is 0 Å². The minimum atomic E-state index is -0.856. The Kier molecular flexibility index (Phi) is 9.75. The van der Waals surface area contributed by atoms with Gasteiger partial charge in [0.05, 0.1) is 41.1 Å². The van der Waals surface area contributed by atoms with Crippen LogP contribution >= 0.6 is 23.2 Å². The monoisotopic (exact) mass is 638 g/mol. The molecule has 2 fully saturated rings. The highest BCUT2D eigenvalue weighted by Gasteiger charge is 2.38. The lowest BCUT2D eigenvalue weighted by Gasteiger charge is -2.33. The summed E-state index contributed by atoms with van der Waals surface area (Å²) in [4.78, 5) is 32.8. The molecule has 1 aliphatic carbocycles. The summed E-state index contributed by atoms with van der Waals surface area (Å²) in [5.74, 6) is -3.12. The number of rotatable bonds is 10. The van der Waals surface area contributed by atoms with Crippen molar-refractivity contribution in [2.75, 3.05) is 32.6 Å². The molecule has 1 aliphatic heterocycles. The minimum Gasteiger partial charge on any atom is -0.481 e. The van der Waals surface area contributed by atoms with Crippen LogP contribution in [-0.2, 0) is 20.7 Å². The maximum absolute atomic E-state index is 15.6. The highest BCUT2D eigenvalue weighted by molar-refractivity contribution is 6.42. The number of anilines is 2. The lowest BCUT2D eigenvalue weighted by atomic mass is 9.87. The third-order valence-corrected chi connectivity index (χ3v) is 8.92. The number of carboxylic acid groups (broad SMARTS) is 1. The Hall–Kier alpha value is -2.99. The number of carbonyl (C=O) groups is 2. The maximum Gasteiger partial charge on any atom is 0.306 e. The Morgan fingerprint density at radius 1 is 1.09 bits per heavy atom. The predicted molar refractivity (Wildman–Crippen MR) is 159 cm³/mol. The van der Waals surface area contributed by atoms with Gasteiger partial charge in [0.25, 0.3) is 6.01 Å². The van der Waals surface area contributed by atoms with E-state index in [0.29, 0.717) is 49.5 Å². The first-order chi connectivity index (χ1) is 20.5. The number of fused-ring (bicyclic) bond motifs is 1. The van der Waals surface area contributed by atoms with Gasteiger partial charge in [0.15, 0.2) is 22.7 Å². The number of ether oxygens (including phenoxy) is 1. The van der Waals surface area contributed by atoms with E-state index < -0.39 is 23.2 Å². The molecular formula is C30H34Cl2F2N4O5. The third-order valence-electron chi connectivity index (χ3n) is 8.18. The standard InChI is InChI=1S/C30H34Cl2F2N4O5/c1-37(2)14-19-6-7-20(15-42-21-8-3-16(4-9-21)29(40)41)38(19)25(39)12-17-11-24(33)27-28(26(17)34)43-30(36-27)35-18-5-10-22(31)23(32)13-18/h5,10-11,13,16,19-21H,3-4,6-9,12,14-15H2,1-2H3,(H,35,36)(H,40,41)/t16?,19-,20-,21?/m0/s1. The van der Waals surface area contributed by atoms with Crippen molar-refractivity contribution in [1.29, 1.82) is 0 Å². The summed E-state index contributed by atoms with van der Waals surface area (Å²) in [6.07, 6.45) is 3.49. The number of halogens is 4. The van der Waals surface area contributed by atoms with Crippen LogP contribution in [0.25, 0.3) is 11.1 Å². The Bertz CT molecular complexity index is 1490. The number of oxazole rings is 1. The number of nitrogens with zero attached hydrogens (tertiary/aromatic N) is 3. The van der Waals surface area contributed by atoms with Crippen molar-refractivity contribution < 1.29 is 32.6 Å². The molecule has 2 atom stereocenters. The summed E-state index contributed by atoms with van der Waals surface area (Å²) in [5, 5.41) is 12.7. The number of hydrogen-bond donors (Lipinski definition) is 2. The van der Waals surface area contributed by atoms with Crippen molar-refractivity contribution in [3.63, 3.8) is 0 Å². The molecule has 2 heterocycles. The third kappa shape index (κ3) is 7.22. The number of likely N-dealkylation sites (tertiary alicyclic amines) is 1. The van der Waals surface area contributed by atoms with E-state index in [1.807, 2.05) is 19.0 Å². The number of carboxylic acids is 1. The summed E-state index contributed by atoms with van der Waals surface area (Å²) in [5.41, 5.74) is -0.365. The first-order valence-electron chi connectivity index (χ1n) is 14.3. The molecule has 232 valence electrons. The molecule has 9 nitrogen and oxygen atoms in total. The van der Waals surface area contributed by atoms with Crippen LogP contribution in [0.5, 0.6) is 0 Å². The summed E-state index contributed by atoms with van der Waals surface area (Å²) < 4.78 is 42.4. The van der Waals surface area contributed by atoms with Crippen LogP contribution in [0.2, 0.25) is 10.0 Å². The Balaban J connectivity index is 1.31. The molecule has 0 spiro atoms. The molecule has 13 heteroatoms. The molecule has 0 bridgehead atoms.